The van der Waals surface area contributed by atoms with Gasteiger partial charge in [0.25, 0.3) is 0 Å². The number of halogens is 1. The first-order valence-corrected chi connectivity index (χ1v) is 8.10. The largest absolute Gasteiger partial charge is 0.497 e. The molecule has 4 heteroatoms. The van der Waals surface area contributed by atoms with E-state index in [1.165, 1.54) is 12.1 Å². The third-order valence-electron chi connectivity index (χ3n) is 3.47. The molecule has 0 radical (unpaired) electrons. The molecule has 0 saturated heterocycles. The number of hydrogen-bond donors (Lipinski definition) is 0. The third-order valence-corrected chi connectivity index (χ3v) is 4.80. The summed E-state index contributed by atoms with van der Waals surface area (Å²) in [6, 6.07) is 18.5. The van der Waals surface area contributed by atoms with Crippen molar-refractivity contribution in [2.45, 2.75) is 10.1 Å². The molecule has 0 N–H and O–H groups in total. The standard InChI is InChI=1S/C19H16FNOS/c1-22-17-8-4-14(5-9-17)19(15-3-2-12-21-13-15)23-18-10-6-16(20)7-11-18/h2-13,19H,1H3. The van der Waals surface area contributed by atoms with Crippen molar-refractivity contribution in [3.05, 3.63) is 90.0 Å². The molecule has 0 fully saturated rings. The number of thioether (sulfide) groups is 1. The zero-order chi connectivity index (χ0) is 16.1. The van der Waals surface area contributed by atoms with Crippen LogP contribution in [-0.2, 0) is 0 Å². The molecule has 3 aromatic rings. The van der Waals surface area contributed by atoms with Crippen LogP contribution in [0.15, 0.2) is 78.0 Å². The third kappa shape index (κ3) is 3.90. The van der Waals surface area contributed by atoms with E-state index in [0.29, 0.717) is 0 Å². The topological polar surface area (TPSA) is 22.1 Å². The van der Waals surface area contributed by atoms with E-state index in [2.05, 4.69) is 11.1 Å². The fourth-order valence-electron chi connectivity index (χ4n) is 2.29. The summed E-state index contributed by atoms with van der Waals surface area (Å²) in [5, 5.41) is 0.0834. The Balaban J connectivity index is 1.94. The van der Waals surface area contributed by atoms with Gasteiger partial charge < -0.3 is 4.74 Å². The van der Waals surface area contributed by atoms with E-state index < -0.39 is 0 Å². The van der Waals surface area contributed by atoms with Gasteiger partial charge in [0, 0.05) is 17.3 Å². The van der Waals surface area contributed by atoms with Gasteiger partial charge in [0.2, 0.25) is 0 Å². The van der Waals surface area contributed by atoms with Crippen LogP contribution < -0.4 is 4.74 Å². The van der Waals surface area contributed by atoms with Crippen molar-refractivity contribution in [1.82, 2.24) is 4.98 Å². The minimum atomic E-state index is -0.225. The van der Waals surface area contributed by atoms with Crippen molar-refractivity contribution in [2.75, 3.05) is 7.11 Å². The highest BCUT2D eigenvalue weighted by atomic mass is 32.2. The van der Waals surface area contributed by atoms with Crippen molar-refractivity contribution >= 4 is 11.8 Å². The Hall–Kier alpha value is -2.33. The summed E-state index contributed by atoms with van der Waals surface area (Å²) >= 11 is 1.67. The lowest BCUT2D eigenvalue weighted by molar-refractivity contribution is 0.414. The second-order valence-electron chi connectivity index (χ2n) is 5.01. The number of pyridine rings is 1. The Morgan fingerprint density at radius 1 is 0.957 bits per heavy atom. The number of ether oxygens (including phenoxy) is 1. The lowest BCUT2D eigenvalue weighted by Gasteiger charge is -2.17. The Morgan fingerprint density at radius 3 is 2.30 bits per heavy atom. The van der Waals surface area contributed by atoms with Crippen LogP contribution in [0, 0.1) is 5.82 Å². The van der Waals surface area contributed by atoms with Gasteiger partial charge in [-0.1, -0.05) is 18.2 Å². The molecule has 1 atom stereocenters. The van der Waals surface area contributed by atoms with Gasteiger partial charge in [-0.25, -0.2) is 4.39 Å². The maximum absolute atomic E-state index is 13.1. The van der Waals surface area contributed by atoms with Gasteiger partial charge in [-0.05, 0) is 53.6 Å². The van der Waals surface area contributed by atoms with Gasteiger partial charge in [0.05, 0.1) is 12.4 Å². The molecule has 1 aromatic heterocycles. The second kappa shape index (κ2) is 7.29. The molecule has 23 heavy (non-hydrogen) atoms. The van der Waals surface area contributed by atoms with Crippen molar-refractivity contribution in [3.8, 4) is 5.75 Å². The average molecular weight is 325 g/mol. The Labute approximate surface area is 139 Å². The average Bonchev–Trinajstić information content (AvgIpc) is 2.62. The summed E-state index contributed by atoms with van der Waals surface area (Å²) in [4.78, 5) is 5.23. The minimum Gasteiger partial charge on any atom is -0.497 e. The Morgan fingerprint density at radius 2 is 1.70 bits per heavy atom. The molecule has 0 bridgehead atoms. The number of methoxy groups -OCH3 is 1. The highest BCUT2D eigenvalue weighted by Crippen LogP contribution is 2.40. The van der Waals surface area contributed by atoms with Crippen LogP contribution in [0.2, 0.25) is 0 Å². The smallest absolute Gasteiger partial charge is 0.123 e. The summed E-state index contributed by atoms with van der Waals surface area (Å²) in [6.07, 6.45) is 3.63. The van der Waals surface area contributed by atoms with Crippen LogP contribution in [0.5, 0.6) is 5.75 Å². The summed E-state index contributed by atoms with van der Waals surface area (Å²) < 4.78 is 18.3. The van der Waals surface area contributed by atoms with Crippen LogP contribution >= 0.6 is 11.8 Å². The molecule has 3 rings (SSSR count). The molecular weight excluding hydrogens is 309 g/mol. The summed E-state index contributed by atoms with van der Waals surface area (Å²) in [5.74, 6) is 0.599. The van der Waals surface area contributed by atoms with Crippen molar-refractivity contribution in [3.63, 3.8) is 0 Å². The molecule has 1 heterocycles. The number of nitrogens with zero attached hydrogens (tertiary/aromatic N) is 1. The highest BCUT2D eigenvalue weighted by molar-refractivity contribution is 7.99. The Kier molecular flexibility index (Phi) is 4.93. The molecule has 116 valence electrons. The first-order chi connectivity index (χ1) is 11.3. The number of aromatic nitrogens is 1. The van der Waals surface area contributed by atoms with E-state index in [4.69, 9.17) is 4.74 Å². The zero-order valence-electron chi connectivity index (χ0n) is 12.6. The van der Waals surface area contributed by atoms with E-state index >= 15 is 0 Å². The molecule has 0 amide bonds. The van der Waals surface area contributed by atoms with E-state index in [9.17, 15) is 4.39 Å². The summed E-state index contributed by atoms with van der Waals surface area (Å²) in [6.45, 7) is 0. The first kappa shape index (κ1) is 15.6. The molecular formula is C19H16FNOS. The Bertz CT molecular complexity index is 745. The van der Waals surface area contributed by atoms with Gasteiger partial charge in [-0.15, -0.1) is 11.8 Å². The fourth-order valence-corrected chi connectivity index (χ4v) is 3.42. The molecule has 2 aromatic carbocycles. The van der Waals surface area contributed by atoms with Crippen LogP contribution in [0.25, 0.3) is 0 Å². The van der Waals surface area contributed by atoms with E-state index in [1.54, 1.807) is 37.2 Å². The summed E-state index contributed by atoms with van der Waals surface area (Å²) in [7, 11) is 1.65. The lowest BCUT2D eigenvalue weighted by Crippen LogP contribution is -1.98. The van der Waals surface area contributed by atoms with Gasteiger partial charge in [-0.2, -0.15) is 0 Å². The SMILES string of the molecule is COc1ccc(C(Sc2ccc(F)cc2)c2cccnc2)cc1. The molecule has 0 aliphatic carbocycles. The van der Waals surface area contributed by atoms with Crippen LogP contribution in [0.3, 0.4) is 0 Å². The normalized spacial score (nSPS) is 11.9. The fraction of sp³-hybridized carbons (Fsp3) is 0.105. The van der Waals surface area contributed by atoms with Crippen molar-refractivity contribution in [2.24, 2.45) is 0 Å². The molecule has 0 aliphatic rings. The zero-order valence-corrected chi connectivity index (χ0v) is 13.5. The predicted octanol–water partition coefficient (Wildman–Crippen LogP) is 5.11. The molecule has 0 spiro atoms. The first-order valence-electron chi connectivity index (χ1n) is 7.22. The summed E-state index contributed by atoms with van der Waals surface area (Å²) in [5.41, 5.74) is 2.25. The number of benzene rings is 2. The maximum atomic E-state index is 13.1. The van der Waals surface area contributed by atoms with Gasteiger partial charge in [0.1, 0.15) is 11.6 Å². The number of hydrogen-bond acceptors (Lipinski definition) is 3. The van der Waals surface area contributed by atoms with Crippen molar-refractivity contribution < 1.29 is 9.13 Å². The van der Waals surface area contributed by atoms with Gasteiger partial charge >= 0.3 is 0 Å². The van der Waals surface area contributed by atoms with Gasteiger partial charge in [-0.3, -0.25) is 4.98 Å². The predicted molar refractivity (Wildman–Crippen MR) is 91.3 cm³/mol. The quantitative estimate of drug-likeness (QED) is 0.609. The molecule has 1 unspecified atom stereocenters. The van der Waals surface area contributed by atoms with E-state index in [0.717, 1.165) is 21.8 Å². The van der Waals surface area contributed by atoms with Crippen LogP contribution in [0.1, 0.15) is 16.4 Å². The molecule has 2 nitrogen and oxygen atoms in total. The van der Waals surface area contributed by atoms with Crippen LogP contribution in [0.4, 0.5) is 4.39 Å². The van der Waals surface area contributed by atoms with Crippen LogP contribution in [-0.4, -0.2) is 12.1 Å². The van der Waals surface area contributed by atoms with E-state index in [1.807, 2.05) is 36.5 Å². The molecule has 0 aliphatic heterocycles. The van der Waals surface area contributed by atoms with E-state index in [-0.39, 0.29) is 11.1 Å². The molecule has 0 saturated carbocycles. The minimum absolute atomic E-state index is 0.0834. The monoisotopic (exact) mass is 325 g/mol. The second-order valence-corrected chi connectivity index (χ2v) is 6.19. The maximum Gasteiger partial charge on any atom is 0.123 e. The van der Waals surface area contributed by atoms with Gasteiger partial charge in [0.15, 0.2) is 0 Å². The lowest BCUT2D eigenvalue weighted by atomic mass is 10.1. The highest BCUT2D eigenvalue weighted by Gasteiger charge is 2.16. The number of rotatable bonds is 5. The van der Waals surface area contributed by atoms with Crippen molar-refractivity contribution in [1.29, 1.82) is 0 Å².